The first-order chi connectivity index (χ1) is 7.48. The molecule has 0 radical (unpaired) electrons. The first-order valence-corrected chi connectivity index (χ1v) is 5.27. The van der Waals surface area contributed by atoms with Gasteiger partial charge in [-0.05, 0) is 26.3 Å². The number of nitrogens with zero attached hydrogens (tertiary/aromatic N) is 1. The first-order valence-electron chi connectivity index (χ1n) is 5.27. The van der Waals surface area contributed by atoms with Crippen LogP contribution in [-0.4, -0.2) is 4.74 Å². The molecule has 2 rings (SSSR count). The number of rotatable bonds is 1. The standard InChI is InChI=1S/C13H15NO2/c1-13(2,3)14-9-11(12(15)16-14)10-7-5-4-6-8-10/h4-9H,1-3H3. The quantitative estimate of drug-likeness (QED) is 0.736. The molecule has 84 valence electrons. The average Bonchev–Trinajstić information content (AvgIpc) is 2.61. The molecule has 0 aliphatic carbocycles. The Kier molecular flexibility index (Phi) is 2.46. The lowest BCUT2D eigenvalue weighted by Gasteiger charge is -2.17. The highest BCUT2D eigenvalue weighted by Crippen LogP contribution is 2.19. The molecular formula is C13H15NO2. The zero-order valence-electron chi connectivity index (χ0n) is 9.73. The number of benzene rings is 1. The molecule has 0 N–H and O–H groups in total. The van der Waals surface area contributed by atoms with Crippen molar-refractivity contribution in [1.82, 2.24) is 4.74 Å². The highest BCUT2D eigenvalue weighted by molar-refractivity contribution is 5.60. The average molecular weight is 217 g/mol. The van der Waals surface area contributed by atoms with Crippen molar-refractivity contribution in [2.24, 2.45) is 0 Å². The molecule has 1 aromatic carbocycles. The summed E-state index contributed by atoms with van der Waals surface area (Å²) in [5.74, 6) is 0. The Morgan fingerprint density at radius 3 is 2.25 bits per heavy atom. The van der Waals surface area contributed by atoms with Crippen molar-refractivity contribution in [3.05, 3.63) is 46.9 Å². The van der Waals surface area contributed by atoms with E-state index in [2.05, 4.69) is 0 Å². The van der Waals surface area contributed by atoms with Crippen molar-refractivity contribution in [2.45, 2.75) is 26.3 Å². The van der Waals surface area contributed by atoms with E-state index in [1.807, 2.05) is 51.1 Å². The van der Waals surface area contributed by atoms with Crippen molar-refractivity contribution in [3.63, 3.8) is 0 Å². The van der Waals surface area contributed by atoms with Crippen LogP contribution in [0.2, 0.25) is 0 Å². The minimum absolute atomic E-state index is 0.216. The summed E-state index contributed by atoms with van der Waals surface area (Å²) in [5.41, 5.74) is 0.988. The third-order valence-electron chi connectivity index (χ3n) is 2.39. The maximum Gasteiger partial charge on any atom is 0.365 e. The summed E-state index contributed by atoms with van der Waals surface area (Å²) < 4.78 is 6.79. The van der Waals surface area contributed by atoms with Crippen LogP contribution >= 0.6 is 0 Å². The van der Waals surface area contributed by atoms with Gasteiger partial charge in [-0.1, -0.05) is 30.3 Å². The highest BCUT2D eigenvalue weighted by atomic mass is 16.5. The van der Waals surface area contributed by atoms with E-state index in [9.17, 15) is 4.79 Å². The Bertz CT molecular complexity index is 529. The van der Waals surface area contributed by atoms with Crippen molar-refractivity contribution >= 4 is 0 Å². The normalized spacial score (nSPS) is 11.7. The second kappa shape index (κ2) is 3.67. The van der Waals surface area contributed by atoms with Gasteiger partial charge >= 0.3 is 5.63 Å². The van der Waals surface area contributed by atoms with Crippen LogP contribution in [0.25, 0.3) is 11.1 Å². The summed E-state index contributed by atoms with van der Waals surface area (Å²) in [5, 5.41) is 0. The largest absolute Gasteiger partial charge is 0.365 e. The molecule has 0 unspecified atom stereocenters. The molecular weight excluding hydrogens is 202 g/mol. The van der Waals surface area contributed by atoms with E-state index < -0.39 is 0 Å². The fourth-order valence-electron chi connectivity index (χ4n) is 1.48. The third-order valence-corrected chi connectivity index (χ3v) is 2.39. The minimum Gasteiger partial charge on any atom is -0.335 e. The fourth-order valence-corrected chi connectivity index (χ4v) is 1.48. The predicted molar refractivity (Wildman–Crippen MR) is 63.4 cm³/mol. The minimum atomic E-state index is -0.291. The van der Waals surface area contributed by atoms with Gasteiger partial charge in [-0.15, -0.1) is 0 Å². The Morgan fingerprint density at radius 1 is 1.12 bits per heavy atom. The van der Waals surface area contributed by atoms with Gasteiger partial charge in [0, 0.05) is 0 Å². The van der Waals surface area contributed by atoms with Crippen LogP contribution in [0.3, 0.4) is 0 Å². The topological polar surface area (TPSA) is 35.1 Å². The van der Waals surface area contributed by atoms with E-state index in [-0.39, 0.29) is 11.2 Å². The van der Waals surface area contributed by atoms with Crippen molar-refractivity contribution < 1.29 is 4.52 Å². The second-order valence-corrected chi connectivity index (χ2v) is 4.78. The highest BCUT2D eigenvalue weighted by Gasteiger charge is 2.18. The van der Waals surface area contributed by atoms with Crippen LogP contribution in [0, 0.1) is 0 Å². The molecule has 0 saturated heterocycles. The lowest BCUT2D eigenvalue weighted by Crippen LogP contribution is -2.20. The Balaban J connectivity index is 2.53. The van der Waals surface area contributed by atoms with Crippen LogP contribution in [0.15, 0.2) is 45.8 Å². The van der Waals surface area contributed by atoms with Crippen LogP contribution in [-0.2, 0) is 5.54 Å². The molecule has 1 heterocycles. The van der Waals surface area contributed by atoms with Gasteiger partial charge in [0.1, 0.15) is 0 Å². The number of aromatic nitrogens is 1. The lowest BCUT2D eigenvalue weighted by atomic mass is 10.1. The Hall–Kier alpha value is -1.77. The molecule has 16 heavy (non-hydrogen) atoms. The zero-order chi connectivity index (χ0) is 11.8. The Labute approximate surface area is 94.3 Å². The molecule has 0 saturated carbocycles. The SMILES string of the molecule is CC(C)(C)n1cc(-c2ccccc2)c(=O)o1. The van der Waals surface area contributed by atoms with Crippen LogP contribution < -0.4 is 5.63 Å². The smallest absolute Gasteiger partial charge is 0.335 e. The molecule has 0 amide bonds. The van der Waals surface area contributed by atoms with Gasteiger partial charge in [0.25, 0.3) is 0 Å². The molecule has 0 bridgehead atoms. The maximum absolute atomic E-state index is 11.7. The van der Waals surface area contributed by atoms with Crippen LogP contribution in [0.1, 0.15) is 20.8 Å². The number of hydrogen-bond acceptors (Lipinski definition) is 2. The monoisotopic (exact) mass is 217 g/mol. The molecule has 0 aliphatic heterocycles. The van der Waals surface area contributed by atoms with E-state index in [4.69, 9.17) is 4.52 Å². The van der Waals surface area contributed by atoms with Gasteiger partial charge in [0.2, 0.25) is 0 Å². The van der Waals surface area contributed by atoms with Gasteiger partial charge in [-0.25, -0.2) is 9.53 Å². The van der Waals surface area contributed by atoms with E-state index >= 15 is 0 Å². The first kappa shape index (κ1) is 10.7. The molecule has 0 spiro atoms. The summed E-state index contributed by atoms with van der Waals surface area (Å²) in [6.07, 6.45) is 1.76. The van der Waals surface area contributed by atoms with Crippen LogP contribution in [0.4, 0.5) is 0 Å². The summed E-state index contributed by atoms with van der Waals surface area (Å²) in [6, 6.07) is 9.54. The molecule has 2 aromatic rings. The van der Waals surface area contributed by atoms with Gasteiger partial charge < -0.3 is 4.52 Å². The fraction of sp³-hybridized carbons (Fsp3) is 0.308. The third kappa shape index (κ3) is 1.94. The molecule has 1 aromatic heterocycles. The summed E-state index contributed by atoms with van der Waals surface area (Å²) in [7, 11) is 0. The van der Waals surface area contributed by atoms with E-state index in [0.29, 0.717) is 5.56 Å². The zero-order valence-corrected chi connectivity index (χ0v) is 9.73. The van der Waals surface area contributed by atoms with E-state index in [1.165, 1.54) is 0 Å². The second-order valence-electron chi connectivity index (χ2n) is 4.78. The van der Waals surface area contributed by atoms with Crippen molar-refractivity contribution in [2.75, 3.05) is 0 Å². The molecule has 0 fully saturated rings. The van der Waals surface area contributed by atoms with Crippen LogP contribution in [0.5, 0.6) is 0 Å². The van der Waals surface area contributed by atoms with Gasteiger partial charge in [0.15, 0.2) is 0 Å². The summed E-state index contributed by atoms with van der Waals surface area (Å²) >= 11 is 0. The van der Waals surface area contributed by atoms with Crippen molar-refractivity contribution in [3.8, 4) is 11.1 Å². The van der Waals surface area contributed by atoms with Gasteiger partial charge in [0.05, 0.1) is 17.3 Å². The van der Waals surface area contributed by atoms with E-state index in [1.54, 1.807) is 10.9 Å². The molecule has 0 aliphatic rings. The summed E-state index contributed by atoms with van der Waals surface area (Å²) in [4.78, 5) is 11.7. The number of hydrogen-bond donors (Lipinski definition) is 0. The van der Waals surface area contributed by atoms with E-state index in [0.717, 1.165) is 5.56 Å². The molecule has 3 nitrogen and oxygen atoms in total. The Morgan fingerprint density at radius 2 is 1.75 bits per heavy atom. The van der Waals surface area contributed by atoms with Crippen molar-refractivity contribution in [1.29, 1.82) is 0 Å². The summed E-state index contributed by atoms with van der Waals surface area (Å²) in [6.45, 7) is 5.97. The van der Waals surface area contributed by atoms with Gasteiger partial charge in [-0.2, -0.15) is 0 Å². The molecule has 3 heteroatoms. The lowest BCUT2D eigenvalue weighted by molar-refractivity contribution is 0.154. The van der Waals surface area contributed by atoms with Gasteiger partial charge in [-0.3, -0.25) is 0 Å². The molecule has 0 atom stereocenters. The predicted octanol–water partition coefficient (Wildman–Crippen LogP) is 2.86. The maximum atomic E-state index is 11.7.